The van der Waals surface area contributed by atoms with Crippen LogP contribution in [-0.2, 0) is 43.9 Å². The zero-order valence-electron chi connectivity index (χ0n) is 22.3. The molecule has 0 aliphatic carbocycles. The summed E-state index contributed by atoms with van der Waals surface area (Å²) in [6.07, 6.45) is -9.83. The number of nitrogens with two attached hydrogens (primary N) is 2. The van der Waals surface area contributed by atoms with Crippen molar-refractivity contribution in [2.75, 3.05) is 24.7 Å². The van der Waals surface area contributed by atoms with Gasteiger partial charge in [-0.15, -0.1) is 0 Å². The summed E-state index contributed by atoms with van der Waals surface area (Å²) < 4.78 is 81.1. The number of aromatic nitrogens is 8. The normalized spacial score (nSPS) is 37.7. The molecule has 0 aromatic carbocycles. The van der Waals surface area contributed by atoms with Crippen LogP contribution in [0.3, 0.4) is 0 Å². The van der Waals surface area contributed by atoms with Crippen LogP contribution >= 0.6 is 25.8 Å². The molecule has 0 spiro atoms. The number of nitrogen functional groups attached to an aromatic ring is 2. The molecule has 7 heterocycles. The molecule has 3 aliphatic heterocycles. The third-order valence-corrected chi connectivity index (χ3v) is 10.4. The number of aromatic amines is 1. The number of alkyl halides is 2. The van der Waals surface area contributed by atoms with Crippen LogP contribution in [0.15, 0.2) is 23.8 Å². The van der Waals surface area contributed by atoms with Crippen molar-refractivity contribution >= 4 is 71.7 Å². The van der Waals surface area contributed by atoms with Crippen molar-refractivity contribution in [3.05, 3.63) is 29.3 Å². The molecule has 0 amide bonds. The van der Waals surface area contributed by atoms with Crippen LogP contribution in [0.2, 0.25) is 0 Å². The maximum Gasteiger partial charge on any atom is 0.386 e. The Morgan fingerprint density at radius 1 is 0.956 bits per heavy atom. The van der Waals surface area contributed by atoms with Crippen LogP contribution < -0.4 is 17.0 Å². The number of rotatable bonds is 2. The quantitative estimate of drug-likeness (QED) is 0.142. The summed E-state index contributed by atoms with van der Waals surface area (Å²) in [7, 11) is 0. The van der Waals surface area contributed by atoms with Gasteiger partial charge in [-0.25, -0.2) is 33.3 Å². The van der Waals surface area contributed by atoms with E-state index in [0.29, 0.717) is 0 Å². The third kappa shape index (κ3) is 5.54. The van der Waals surface area contributed by atoms with Gasteiger partial charge in [0.2, 0.25) is 5.95 Å². The third-order valence-electron chi connectivity index (χ3n) is 7.23. The minimum atomic E-state index is -4.49. The lowest BCUT2D eigenvalue weighted by Gasteiger charge is -2.26. The van der Waals surface area contributed by atoms with Gasteiger partial charge in [-0.3, -0.25) is 32.5 Å². The van der Waals surface area contributed by atoms with Crippen molar-refractivity contribution in [1.82, 2.24) is 39.0 Å². The lowest BCUT2D eigenvalue weighted by atomic mass is 10.1. The molecule has 19 nitrogen and oxygen atoms in total. The van der Waals surface area contributed by atoms with Gasteiger partial charge in [0.05, 0.1) is 25.9 Å². The maximum absolute atomic E-state index is 16.0. The summed E-state index contributed by atoms with van der Waals surface area (Å²) in [5, 5.41) is 0. The van der Waals surface area contributed by atoms with Crippen LogP contribution in [0.1, 0.15) is 12.5 Å². The summed E-state index contributed by atoms with van der Waals surface area (Å²) in [4.78, 5) is 45.5. The van der Waals surface area contributed by atoms with Crippen molar-refractivity contribution in [2.45, 2.75) is 49.2 Å². The van der Waals surface area contributed by atoms with Gasteiger partial charge in [-0.1, -0.05) is 12.2 Å². The fraction of sp³-hybridized carbons (Fsp3) is 0.500. The molecule has 242 valence electrons. The Bertz CT molecular complexity index is 1950. The second-order valence-corrected chi connectivity index (χ2v) is 15.7. The average molecular weight is 711 g/mol. The number of nitrogens with zero attached hydrogens (tertiary/aromatic N) is 7. The highest BCUT2D eigenvalue weighted by Gasteiger charge is 2.54. The van der Waals surface area contributed by atoms with Gasteiger partial charge >= 0.3 is 13.5 Å². The minimum absolute atomic E-state index is 0.0396. The number of ether oxygens (including phenoxy) is 2. The highest BCUT2D eigenvalue weighted by Crippen LogP contribution is 2.59. The molecule has 0 saturated carbocycles. The van der Waals surface area contributed by atoms with E-state index >= 15 is 8.78 Å². The van der Waals surface area contributed by atoms with Crippen molar-refractivity contribution in [3.8, 4) is 0 Å². The maximum atomic E-state index is 16.0. The van der Waals surface area contributed by atoms with E-state index in [4.69, 9.17) is 50.8 Å². The molecule has 7 rings (SSSR count). The van der Waals surface area contributed by atoms with E-state index in [1.54, 1.807) is 0 Å². The summed E-state index contributed by atoms with van der Waals surface area (Å²) in [5.41, 5.74) is 10.9. The topological polar surface area (TPSA) is 252 Å². The number of hydrogen-bond acceptors (Lipinski definition) is 16. The van der Waals surface area contributed by atoms with Crippen LogP contribution in [0.4, 0.5) is 20.5 Å². The zero-order valence-corrected chi connectivity index (χ0v) is 25.8. The van der Waals surface area contributed by atoms with Crippen molar-refractivity contribution in [3.63, 3.8) is 0 Å². The van der Waals surface area contributed by atoms with E-state index in [-0.39, 0.29) is 34.1 Å². The number of imidazole rings is 2. The van der Waals surface area contributed by atoms with Crippen molar-refractivity contribution in [2.24, 2.45) is 0 Å². The number of halogens is 2. The predicted octanol–water partition coefficient (Wildman–Crippen LogP) is 0.667. The predicted molar refractivity (Wildman–Crippen MR) is 155 cm³/mol. The number of fused-ring (bicyclic) bond motifs is 5. The second kappa shape index (κ2) is 11.2. The largest absolute Gasteiger partial charge is 0.386 e. The molecule has 25 heteroatoms. The summed E-state index contributed by atoms with van der Waals surface area (Å²) >= 11 is 9.11. The summed E-state index contributed by atoms with van der Waals surface area (Å²) in [6, 6.07) is 0. The van der Waals surface area contributed by atoms with Crippen LogP contribution in [-0.4, -0.2) is 93.9 Å². The monoisotopic (exact) mass is 710 g/mol. The molecule has 4 aromatic rings. The zero-order chi connectivity index (χ0) is 31.8. The molecular formula is C20H22F2N10O9P2S2. The first-order valence-electron chi connectivity index (χ1n) is 12.9. The van der Waals surface area contributed by atoms with Crippen molar-refractivity contribution in [1.29, 1.82) is 0 Å². The number of anilines is 2. The average Bonchev–Trinajstić information content (AvgIpc) is 3.72. The Balaban J connectivity index is 1.21. The Labute approximate surface area is 259 Å². The second-order valence-electron chi connectivity index (χ2n) is 10.0. The summed E-state index contributed by atoms with van der Waals surface area (Å²) in [6.45, 7) is -10.2. The molecule has 3 fully saturated rings. The number of H-pyrrole nitrogens is 1. The van der Waals surface area contributed by atoms with Gasteiger partial charge in [-0.2, -0.15) is 4.98 Å². The molecular weight excluding hydrogens is 688 g/mol. The summed E-state index contributed by atoms with van der Waals surface area (Å²) in [5.74, 6) is -0.224. The lowest BCUT2D eigenvalue weighted by molar-refractivity contribution is -0.0578. The number of hydrogen-bond donors (Lipinski definition) is 5. The van der Waals surface area contributed by atoms with Gasteiger partial charge in [-0.05, 0) is 11.8 Å². The standard InChI is InChI=1S/C20H22F2N10O9P2S2/c21-8-6-1-36-42(34,44)40-12-7(39-18(9(12)22)31-4-27-10-14(23)25-3-26-15(10)31)2-37-43(35,45)41-13(8)19(38-6)32-5-28-11-16(32)29-20(24)30-17(11)33/h3-9,12-13,18-19H,1-2H2,(H,34,44)(H,35,45)(H2,23,25,26)(H3,24,29,30,33)/t6-,7-,8?,9?,12?,13?,18-,19-,42?,43?/m1/s1. The fourth-order valence-electron chi connectivity index (χ4n) is 5.23. The van der Waals surface area contributed by atoms with Gasteiger partial charge in [0.15, 0.2) is 47.4 Å². The molecule has 6 N–H and O–H groups in total. The number of thiol groups is 1. The van der Waals surface area contributed by atoms with E-state index in [2.05, 4.69) is 42.2 Å². The van der Waals surface area contributed by atoms with E-state index in [1.807, 2.05) is 0 Å². The SMILES string of the molecule is Nc1nc2c(ncn2[C@@H]2O[C@@H]3COP(O)(=S)OC4C(F)[C@H](n5cnc6c(N)ncnc65)O[C@@H]4COP(=O)(S)OC2C3F)c(=O)[nH]1. The van der Waals surface area contributed by atoms with Crippen LogP contribution in [0.25, 0.3) is 22.3 Å². The Kier molecular flexibility index (Phi) is 7.72. The molecule has 0 radical (unpaired) electrons. The van der Waals surface area contributed by atoms with Crippen molar-refractivity contribution < 1.29 is 45.8 Å². The highest BCUT2D eigenvalue weighted by molar-refractivity contribution is 8.44. The van der Waals surface area contributed by atoms with E-state index < -0.39 is 81.5 Å². The molecule has 10 atom stereocenters. The molecule has 3 saturated heterocycles. The Morgan fingerprint density at radius 2 is 1.64 bits per heavy atom. The molecule has 4 aromatic heterocycles. The first kappa shape index (κ1) is 30.9. The number of nitrogens with one attached hydrogen (secondary N) is 1. The van der Waals surface area contributed by atoms with Crippen LogP contribution in [0.5, 0.6) is 0 Å². The van der Waals surface area contributed by atoms with E-state index in [1.165, 1.54) is 10.9 Å². The first-order chi connectivity index (χ1) is 21.3. The highest BCUT2D eigenvalue weighted by atomic mass is 32.7. The van der Waals surface area contributed by atoms with Gasteiger partial charge in [0.25, 0.3) is 5.56 Å². The minimum Gasteiger partial charge on any atom is -0.382 e. The van der Waals surface area contributed by atoms with Gasteiger partial charge < -0.3 is 30.4 Å². The van der Waals surface area contributed by atoms with Gasteiger partial charge in [0.1, 0.15) is 36.3 Å². The smallest absolute Gasteiger partial charge is 0.382 e. The van der Waals surface area contributed by atoms with E-state index in [9.17, 15) is 14.3 Å². The van der Waals surface area contributed by atoms with E-state index in [0.717, 1.165) is 17.2 Å². The molecule has 6 unspecified atom stereocenters. The van der Waals surface area contributed by atoms with Gasteiger partial charge in [0, 0.05) is 0 Å². The van der Waals surface area contributed by atoms with Crippen LogP contribution in [0, 0.1) is 0 Å². The molecule has 3 aliphatic rings. The molecule has 2 bridgehead atoms. The Hall–Kier alpha value is -2.69. The Morgan fingerprint density at radius 3 is 2.42 bits per heavy atom. The lowest BCUT2D eigenvalue weighted by Crippen LogP contribution is -2.34. The first-order valence-corrected chi connectivity index (χ1v) is 18.2. The fourth-order valence-corrected chi connectivity index (χ4v) is 8.12. The molecule has 45 heavy (non-hydrogen) atoms.